The number of rotatable bonds is 2. The molecule has 3 heterocycles. The molecule has 2 atom stereocenters. The van der Waals surface area contributed by atoms with Gasteiger partial charge in [0.25, 0.3) is 0 Å². The average molecular weight is 484 g/mol. The quantitative estimate of drug-likeness (QED) is 0.443. The Balaban J connectivity index is 1.44. The minimum absolute atomic E-state index is 0.0388. The lowest BCUT2D eigenvalue weighted by molar-refractivity contribution is -0.0190. The lowest BCUT2D eigenvalue weighted by Gasteiger charge is -2.38. The molecule has 7 heteroatoms. The number of nitrogens with zero attached hydrogens (tertiary/aromatic N) is 2. The van der Waals surface area contributed by atoms with Crippen LogP contribution in [-0.4, -0.2) is 17.5 Å². The maximum absolute atomic E-state index is 6.39. The van der Waals surface area contributed by atoms with Crippen molar-refractivity contribution in [2.75, 3.05) is 6.79 Å². The second-order valence-electron chi connectivity index (χ2n) is 7.42. The highest BCUT2D eigenvalue weighted by Gasteiger charge is 2.41. The lowest BCUT2D eigenvalue weighted by atomic mass is 9.95. The molecule has 0 radical (unpaired) electrons. The Hall–Kier alpha value is -2.70. The molecule has 3 aromatic rings. The molecule has 0 unspecified atom stereocenters. The number of ether oxygens (including phenoxy) is 3. The molecular formula is C23H16BrClN2O3. The Kier molecular flexibility index (Phi) is 4.18. The molecule has 0 bridgehead atoms. The molecule has 0 amide bonds. The summed E-state index contributed by atoms with van der Waals surface area (Å²) in [5, 5.41) is 7.72. The Morgan fingerprint density at radius 1 is 0.967 bits per heavy atom. The van der Waals surface area contributed by atoms with Gasteiger partial charge in [-0.25, -0.2) is 5.01 Å². The minimum Gasteiger partial charge on any atom is -0.464 e. The predicted molar refractivity (Wildman–Crippen MR) is 117 cm³/mol. The summed E-state index contributed by atoms with van der Waals surface area (Å²) in [6.45, 7) is 0.255. The summed E-state index contributed by atoms with van der Waals surface area (Å²) in [6, 6.07) is 19.9. The van der Waals surface area contributed by atoms with Gasteiger partial charge in [-0.3, -0.25) is 0 Å². The standard InChI is InChI=1S/C23H16BrClN2O3/c24-15-3-1-2-14(8-15)23-27-19(17-10-16(25)5-7-20(17)30-23)11-18(26-27)13-4-6-21-22(9-13)29-12-28-21/h1-10,19,23H,11-12H2/t19-,23-/m1/s1. The third-order valence-corrected chi connectivity index (χ3v) is 6.32. The van der Waals surface area contributed by atoms with Gasteiger partial charge in [0.05, 0.1) is 11.8 Å². The van der Waals surface area contributed by atoms with E-state index in [4.69, 9.17) is 30.9 Å². The number of hydrogen-bond acceptors (Lipinski definition) is 5. The Labute approximate surface area is 186 Å². The van der Waals surface area contributed by atoms with Crippen LogP contribution >= 0.6 is 27.5 Å². The Morgan fingerprint density at radius 3 is 2.73 bits per heavy atom. The molecule has 0 fully saturated rings. The van der Waals surface area contributed by atoms with Crippen LogP contribution in [-0.2, 0) is 0 Å². The van der Waals surface area contributed by atoms with Crippen LogP contribution in [0.4, 0.5) is 0 Å². The number of fused-ring (bicyclic) bond motifs is 4. The first-order chi connectivity index (χ1) is 14.7. The maximum Gasteiger partial charge on any atom is 0.231 e. The molecule has 3 aliphatic rings. The van der Waals surface area contributed by atoms with Crippen molar-refractivity contribution in [3.8, 4) is 17.2 Å². The van der Waals surface area contributed by atoms with Crippen molar-refractivity contribution in [2.24, 2.45) is 5.10 Å². The number of halogens is 2. The molecular weight excluding hydrogens is 468 g/mol. The second kappa shape index (κ2) is 6.93. The van der Waals surface area contributed by atoms with E-state index in [9.17, 15) is 0 Å². The van der Waals surface area contributed by atoms with Gasteiger partial charge in [-0.1, -0.05) is 39.7 Å². The highest BCUT2D eigenvalue weighted by molar-refractivity contribution is 9.10. The summed E-state index contributed by atoms with van der Waals surface area (Å²) >= 11 is 9.88. The highest BCUT2D eigenvalue weighted by Crippen LogP contribution is 2.48. The van der Waals surface area contributed by atoms with E-state index in [1.165, 1.54) is 0 Å². The van der Waals surface area contributed by atoms with Gasteiger partial charge in [-0.05, 0) is 48.5 Å². The fourth-order valence-electron chi connectivity index (χ4n) is 4.19. The van der Waals surface area contributed by atoms with Crippen molar-refractivity contribution in [1.29, 1.82) is 0 Å². The van der Waals surface area contributed by atoms with Gasteiger partial charge in [0.15, 0.2) is 11.5 Å². The van der Waals surface area contributed by atoms with Gasteiger partial charge in [-0.2, -0.15) is 5.10 Å². The van der Waals surface area contributed by atoms with Crippen LogP contribution in [0.15, 0.2) is 70.2 Å². The minimum atomic E-state index is -0.326. The summed E-state index contributed by atoms with van der Waals surface area (Å²) in [5.41, 5.74) is 4.08. The van der Waals surface area contributed by atoms with Gasteiger partial charge in [0, 0.05) is 32.6 Å². The summed E-state index contributed by atoms with van der Waals surface area (Å²) in [7, 11) is 0. The number of hydrazone groups is 1. The third-order valence-electron chi connectivity index (χ3n) is 5.59. The first-order valence-electron chi connectivity index (χ1n) is 9.63. The van der Waals surface area contributed by atoms with E-state index < -0.39 is 0 Å². The van der Waals surface area contributed by atoms with E-state index in [-0.39, 0.29) is 19.1 Å². The summed E-state index contributed by atoms with van der Waals surface area (Å²) in [6.07, 6.45) is 0.425. The normalized spacial score (nSPS) is 21.0. The topological polar surface area (TPSA) is 43.3 Å². The molecule has 3 aromatic carbocycles. The monoisotopic (exact) mass is 482 g/mol. The van der Waals surface area contributed by atoms with Crippen LogP contribution in [0.1, 0.15) is 35.4 Å². The lowest BCUT2D eigenvalue weighted by Crippen LogP contribution is -2.33. The molecule has 5 nitrogen and oxygen atoms in total. The molecule has 30 heavy (non-hydrogen) atoms. The molecule has 0 spiro atoms. The van der Waals surface area contributed by atoms with Crippen molar-refractivity contribution >= 4 is 33.2 Å². The SMILES string of the molecule is Clc1ccc2c(c1)[C@H]1CC(c3ccc4c(c3)OCO4)=NN1[C@@H](c1cccc(Br)c1)O2. The van der Waals surface area contributed by atoms with Gasteiger partial charge < -0.3 is 14.2 Å². The van der Waals surface area contributed by atoms with Gasteiger partial charge in [-0.15, -0.1) is 0 Å². The molecule has 3 aliphatic heterocycles. The Bertz CT molecular complexity index is 1200. The second-order valence-corrected chi connectivity index (χ2v) is 8.77. The molecule has 0 aliphatic carbocycles. The average Bonchev–Trinajstić information content (AvgIpc) is 3.40. The van der Waals surface area contributed by atoms with Crippen molar-refractivity contribution in [3.63, 3.8) is 0 Å². The maximum atomic E-state index is 6.39. The molecule has 0 saturated heterocycles. The van der Waals surface area contributed by atoms with Crippen LogP contribution in [0.3, 0.4) is 0 Å². The Morgan fingerprint density at radius 2 is 1.83 bits per heavy atom. The zero-order valence-corrected chi connectivity index (χ0v) is 18.1. The van der Waals surface area contributed by atoms with E-state index in [1.54, 1.807) is 0 Å². The first kappa shape index (κ1) is 18.1. The fourth-order valence-corrected chi connectivity index (χ4v) is 4.79. The van der Waals surface area contributed by atoms with Crippen LogP contribution < -0.4 is 14.2 Å². The fraction of sp³-hybridized carbons (Fsp3) is 0.174. The van der Waals surface area contributed by atoms with Crippen molar-refractivity contribution in [3.05, 3.63) is 86.8 Å². The van der Waals surface area contributed by atoms with Crippen LogP contribution in [0.25, 0.3) is 0 Å². The molecule has 0 N–H and O–H groups in total. The first-order valence-corrected chi connectivity index (χ1v) is 10.8. The van der Waals surface area contributed by atoms with E-state index in [1.807, 2.05) is 53.5 Å². The van der Waals surface area contributed by atoms with E-state index >= 15 is 0 Å². The number of hydrogen-bond donors (Lipinski definition) is 0. The molecule has 6 rings (SSSR count). The highest BCUT2D eigenvalue weighted by atomic mass is 79.9. The summed E-state index contributed by atoms with van der Waals surface area (Å²) < 4.78 is 18.4. The largest absolute Gasteiger partial charge is 0.464 e. The van der Waals surface area contributed by atoms with Gasteiger partial charge >= 0.3 is 0 Å². The van der Waals surface area contributed by atoms with Crippen LogP contribution in [0.5, 0.6) is 17.2 Å². The summed E-state index contributed by atoms with van der Waals surface area (Å²) in [5.74, 6) is 2.36. The van der Waals surface area contributed by atoms with Crippen molar-refractivity contribution < 1.29 is 14.2 Å². The van der Waals surface area contributed by atoms with Crippen LogP contribution in [0.2, 0.25) is 5.02 Å². The van der Waals surface area contributed by atoms with Gasteiger partial charge in [0.1, 0.15) is 5.75 Å². The number of benzene rings is 3. The predicted octanol–water partition coefficient (Wildman–Crippen LogP) is 6.07. The van der Waals surface area contributed by atoms with E-state index in [0.29, 0.717) is 5.02 Å². The molecule has 0 aromatic heterocycles. The van der Waals surface area contributed by atoms with Crippen LogP contribution in [0, 0.1) is 0 Å². The van der Waals surface area contributed by atoms with E-state index in [0.717, 1.165) is 50.5 Å². The zero-order valence-electron chi connectivity index (χ0n) is 15.7. The van der Waals surface area contributed by atoms with Gasteiger partial charge in [0.2, 0.25) is 13.0 Å². The smallest absolute Gasteiger partial charge is 0.231 e. The zero-order chi connectivity index (χ0) is 20.2. The summed E-state index contributed by atoms with van der Waals surface area (Å²) in [4.78, 5) is 0. The third kappa shape index (κ3) is 2.94. The molecule has 0 saturated carbocycles. The molecule has 150 valence electrons. The van der Waals surface area contributed by atoms with Crippen molar-refractivity contribution in [1.82, 2.24) is 5.01 Å². The van der Waals surface area contributed by atoms with Crippen molar-refractivity contribution in [2.45, 2.75) is 18.7 Å². The van der Waals surface area contributed by atoms with E-state index in [2.05, 4.69) is 28.1 Å².